The van der Waals surface area contributed by atoms with Crippen LogP contribution in [0.25, 0.3) is 0 Å². The first-order valence-electron chi connectivity index (χ1n) is 4.19. The molecule has 0 aromatic carbocycles. The molecule has 0 fully saturated rings. The first-order valence-corrected chi connectivity index (χ1v) is 4.19. The van der Waals surface area contributed by atoms with E-state index in [1.807, 2.05) is 0 Å². The number of nitrogens with two attached hydrogens (primary N) is 1. The highest BCUT2D eigenvalue weighted by Gasteiger charge is 2.30. The van der Waals surface area contributed by atoms with Gasteiger partial charge >= 0.3 is 11.9 Å². The Morgan fingerprint density at radius 1 is 1.21 bits per heavy atom. The largest absolute Gasteiger partial charge is 0.469 e. The molecule has 0 bridgehead atoms. The third-order valence-electron chi connectivity index (χ3n) is 1.95. The summed E-state index contributed by atoms with van der Waals surface area (Å²) in [6.45, 7) is 3.59. The molecule has 0 amide bonds. The molecule has 5 heteroatoms. The van der Waals surface area contributed by atoms with Gasteiger partial charge in [0.2, 0.25) is 0 Å². The van der Waals surface area contributed by atoms with Crippen LogP contribution in [0.15, 0.2) is 0 Å². The summed E-state index contributed by atoms with van der Waals surface area (Å²) in [7, 11) is 2.54. The van der Waals surface area contributed by atoms with Gasteiger partial charge in [-0.3, -0.25) is 9.59 Å². The maximum absolute atomic E-state index is 11.0. The van der Waals surface area contributed by atoms with Crippen molar-refractivity contribution in [2.24, 2.45) is 5.73 Å². The Hall–Kier alpha value is -1.10. The Morgan fingerprint density at radius 3 is 1.79 bits per heavy atom. The maximum atomic E-state index is 11.0. The van der Waals surface area contributed by atoms with Gasteiger partial charge in [-0.25, -0.2) is 0 Å². The van der Waals surface area contributed by atoms with Crippen molar-refractivity contribution in [2.45, 2.75) is 24.8 Å². The number of esters is 2. The zero-order valence-electron chi connectivity index (χ0n) is 8.54. The van der Waals surface area contributed by atoms with Crippen LogP contribution in [0.3, 0.4) is 0 Å². The maximum Gasteiger partial charge on any atom is 0.307 e. The molecule has 0 aromatic rings. The predicted octanol–water partition coefficient (Wildman–Crippen LogP) is 0.0343. The summed E-state index contributed by atoms with van der Waals surface area (Å²) in [5, 5.41) is 0. The van der Waals surface area contributed by atoms with E-state index in [0.29, 0.717) is 0 Å². The molecule has 14 heavy (non-hydrogen) atoms. The molecule has 5 nitrogen and oxygen atoms in total. The molecule has 0 aliphatic rings. The first-order chi connectivity index (χ1) is 6.47. The van der Waals surface area contributed by atoms with Crippen LogP contribution in [0.4, 0.5) is 0 Å². The van der Waals surface area contributed by atoms with Gasteiger partial charge in [-0.05, 0) is 6.42 Å². The van der Waals surface area contributed by atoms with Crippen molar-refractivity contribution in [3.05, 3.63) is 6.92 Å². The van der Waals surface area contributed by atoms with Gasteiger partial charge in [-0.1, -0.05) is 6.92 Å². The van der Waals surface area contributed by atoms with Crippen LogP contribution in [0.5, 0.6) is 0 Å². The molecule has 0 aliphatic heterocycles. The van der Waals surface area contributed by atoms with Gasteiger partial charge in [0.1, 0.15) is 0 Å². The molecule has 0 heterocycles. The molecule has 0 aromatic heterocycles. The smallest absolute Gasteiger partial charge is 0.307 e. The predicted molar refractivity (Wildman–Crippen MR) is 50.2 cm³/mol. The van der Waals surface area contributed by atoms with E-state index >= 15 is 0 Å². The lowest BCUT2D eigenvalue weighted by atomic mass is 9.89. The summed E-state index contributed by atoms with van der Waals surface area (Å²) in [4.78, 5) is 21.9. The molecule has 0 saturated carbocycles. The average Bonchev–Trinajstić information content (AvgIpc) is 2.17. The molecular formula is C9H16NO4. The normalized spacial score (nSPS) is 10.9. The van der Waals surface area contributed by atoms with Gasteiger partial charge in [0.25, 0.3) is 0 Å². The number of ether oxygens (including phenoxy) is 2. The van der Waals surface area contributed by atoms with Crippen LogP contribution in [-0.2, 0) is 19.1 Å². The third kappa shape index (κ3) is 4.23. The van der Waals surface area contributed by atoms with Crippen molar-refractivity contribution in [3.8, 4) is 0 Å². The number of rotatable bonds is 5. The summed E-state index contributed by atoms with van der Waals surface area (Å²) in [6.07, 6.45) is 0.182. The van der Waals surface area contributed by atoms with Crippen LogP contribution < -0.4 is 5.73 Å². The summed E-state index contributed by atoms with van der Waals surface area (Å²) < 4.78 is 8.93. The molecule has 0 saturated heterocycles. The lowest BCUT2D eigenvalue weighted by Gasteiger charge is -2.25. The molecule has 81 valence electrons. The number of hydrogen-bond donors (Lipinski definition) is 1. The third-order valence-corrected chi connectivity index (χ3v) is 1.95. The van der Waals surface area contributed by atoms with E-state index < -0.39 is 17.5 Å². The SMILES string of the molecule is [CH2]CC(N)(CC(=O)OC)CC(=O)OC. The number of methoxy groups -OCH3 is 2. The van der Waals surface area contributed by atoms with Gasteiger partial charge in [0, 0.05) is 5.54 Å². The second-order valence-corrected chi connectivity index (χ2v) is 3.12. The Kier molecular flexibility index (Phi) is 5.15. The number of carbonyl (C=O) groups is 2. The van der Waals surface area contributed by atoms with Crippen LogP contribution in [0.2, 0.25) is 0 Å². The van der Waals surface area contributed by atoms with Gasteiger partial charge in [0.15, 0.2) is 0 Å². The lowest BCUT2D eigenvalue weighted by molar-refractivity contribution is -0.144. The Bertz CT molecular complexity index is 197. The topological polar surface area (TPSA) is 78.6 Å². The van der Waals surface area contributed by atoms with E-state index in [9.17, 15) is 9.59 Å². The monoisotopic (exact) mass is 202 g/mol. The highest BCUT2D eigenvalue weighted by molar-refractivity contribution is 5.75. The second kappa shape index (κ2) is 5.59. The van der Waals surface area contributed by atoms with Crippen LogP contribution >= 0.6 is 0 Å². The number of carbonyl (C=O) groups excluding carboxylic acids is 2. The molecule has 0 unspecified atom stereocenters. The second-order valence-electron chi connectivity index (χ2n) is 3.12. The van der Waals surface area contributed by atoms with E-state index in [1.165, 1.54) is 14.2 Å². The fourth-order valence-corrected chi connectivity index (χ4v) is 0.959. The van der Waals surface area contributed by atoms with Crippen molar-refractivity contribution in [3.63, 3.8) is 0 Å². The molecular weight excluding hydrogens is 186 g/mol. The first kappa shape index (κ1) is 12.9. The van der Waals surface area contributed by atoms with Gasteiger partial charge in [-0.15, -0.1) is 0 Å². The van der Waals surface area contributed by atoms with Crippen molar-refractivity contribution in [2.75, 3.05) is 14.2 Å². The van der Waals surface area contributed by atoms with Crippen molar-refractivity contribution < 1.29 is 19.1 Å². The molecule has 2 N–H and O–H groups in total. The minimum Gasteiger partial charge on any atom is -0.469 e. The van der Waals surface area contributed by atoms with Gasteiger partial charge < -0.3 is 15.2 Å². The summed E-state index contributed by atoms with van der Waals surface area (Å²) in [5.41, 5.74) is 4.81. The quantitative estimate of drug-likeness (QED) is 0.636. The van der Waals surface area contributed by atoms with Crippen molar-refractivity contribution in [1.82, 2.24) is 0 Å². The Morgan fingerprint density at radius 2 is 1.57 bits per heavy atom. The zero-order valence-corrected chi connectivity index (χ0v) is 8.54. The number of hydrogen-bond acceptors (Lipinski definition) is 5. The van der Waals surface area contributed by atoms with Gasteiger partial charge in [-0.2, -0.15) is 0 Å². The molecule has 0 atom stereocenters. The van der Waals surface area contributed by atoms with E-state index in [1.54, 1.807) is 0 Å². The minimum absolute atomic E-state index is 0.0396. The highest BCUT2D eigenvalue weighted by atomic mass is 16.5. The minimum atomic E-state index is -0.972. The standard InChI is InChI=1S/C9H16NO4/c1-4-9(10,5-7(11)13-2)6-8(12)14-3/h1,4-6,10H2,2-3H3. The van der Waals surface area contributed by atoms with E-state index in [0.717, 1.165) is 0 Å². The molecule has 0 aliphatic carbocycles. The van der Waals surface area contributed by atoms with E-state index in [-0.39, 0.29) is 19.3 Å². The Balaban J connectivity index is 4.31. The van der Waals surface area contributed by atoms with E-state index in [4.69, 9.17) is 5.73 Å². The molecule has 0 spiro atoms. The average molecular weight is 202 g/mol. The lowest BCUT2D eigenvalue weighted by Crippen LogP contribution is -2.43. The fourth-order valence-electron chi connectivity index (χ4n) is 0.959. The van der Waals surface area contributed by atoms with Crippen molar-refractivity contribution in [1.29, 1.82) is 0 Å². The summed E-state index contributed by atoms with van der Waals surface area (Å²) >= 11 is 0. The van der Waals surface area contributed by atoms with E-state index in [2.05, 4.69) is 16.4 Å². The fraction of sp³-hybridized carbons (Fsp3) is 0.667. The van der Waals surface area contributed by atoms with Crippen LogP contribution in [0, 0.1) is 6.92 Å². The van der Waals surface area contributed by atoms with Crippen LogP contribution in [0.1, 0.15) is 19.3 Å². The summed E-state index contributed by atoms with van der Waals surface area (Å²) in [5.74, 6) is -0.917. The van der Waals surface area contributed by atoms with Crippen molar-refractivity contribution >= 4 is 11.9 Å². The Labute approximate surface area is 83.5 Å². The molecule has 1 radical (unpaired) electrons. The zero-order chi connectivity index (χ0) is 11.2. The summed E-state index contributed by atoms with van der Waals surface area (Å²) in [6, 6.07) is 0. The highest BCUT2D eigenvalue weighted by Crippen LogP contribution is 2.17. The molecule has 0 rings (SSSR count). The van der Waals surface area contributed by atoms with Gasteiger partial charge in [0.05, 0.1) is 27.1 Å². The van der Waals surface area contributed by atoms with Crippen LogP contribution in [-0.4, -0.2) is 31.7 Å².